The fourth-order valence-electron chi connectivity index (χ4n) is 1.63. The second-order valence-corrected chi connectivity index (χ2v) is 3.87. The zero-order valence-corrected chi connectivity index (χ0v) is 9.89. The third-order valence-corrected chi connectivity index (χ3v) is 2.47. The molecule has 0 aliphatic heterocycles. The Morgan fingerprint density at radius 2 is 2.38 bits per heavy atom. The van der Waals surface area contributed by atoms with Gasteiger partial charge in [-0.25, -0.2) is 0 Å². The maximum atomic E-state index is 10.4. The van der Waals surface area contributed by atoms with E-state index in [1.807, 2.05) is 17.8 Å². The van der Waals surface area contributed by atoms with E-state index in [9.17, 15) is 4.79 Å². The van der Waals surface area contributed by atoms with Gasteiger partial charge in [-0.1, -0.05) is 0 Å². The predicted octanol–water partition coefficient (Wildman–Crippen LogP) is 1.20. The summed E-state index contributed by atoms with van der Waals surface area (Å²) in [5, 5.41) is 12.7. The molecule has 16 heavy (non-hydrogen) atoms. The van der Waals surface area contributed by atoms with Crippen LogP contribution in [0.1, 0.15) is 25.5 Å². The first-order valence-corrected chi connectivity index (χ1v) is 5.54. The second kappa shape index (κ2) is 6.27. The number of aryl methyl sites for hydroxylation is 1. The van der Waals surface area contributed by atoms with E-state index in [1.165, 1.54) is 5.69 Å². The molecule has 90 valence electrons. The molecule has 1 N–H and O–H groups in total. The van der Waals surface area contributed by atoms with Gasteiger partial charge in [-0.2, -0.15) is 5.10 Å². The molecule has 1 aromatic heterocycles. The van der Waals surface area contributed by atoms with Crippen molar-refractivity contribution >= 4 is 5.97 Å². The van der Waals surface area contributed by atoms with Crippen molar-refractivity contribution in [2.75, 3.05) is 13.6 Å². The minimum absolute atomic E-state index is 0.234. The number of rotatable bonds is 7. The van der Waals surface area contributed by atoms with Crippen LogP contribution in [-0.4, -0.2) is 39.3 Å². The summed E-state index contributed by atoms with van der Waals surface area (Å²) in [6, 6.07) is 2.00. The van der Waals surface area contributed by atoms with Crippen LogP contribution >= 0.6 is 0 Å². The Labute approximate surface area is 95.7 Å². The van der Waals surface area contributed by atoms with Crippen molar-refractivity contribution in [3.8, 4) is 0 Å². The molecule has 0 spiro atoms. The molecule has 1 aromatic rings. The average Bonchev–Trinajstić information content (AvgIpc) is 2.64. The maximum Gasteiger partial charge on any atom is 0.303 e. The predicted molar refractivity (Wildman–Crippen MR) is 61.1 cm³/mol. The van der Waals surface area contributed by atoms with Gasteiger partial charge in [0, 0.05) is 25.7 Å². The fourth-order valence-corrected chi connectivity index (χ4v) is 1.63. The first kappa shape index (κ1) is 12.7. The van der Waals surface area contributed by atoms with Gasteiger partial charge in [0.15, 0.2) is 0 Å². The molecule has 0 aromatic carbocycles. The van der Waals surface area contributed by atoms with E-state index in [4.69, 9.17) is 5.11 Å². The van der Waals surface area contributed by atoms with Crippen LogP contribution in [0.3, 0.4) is 0 Å². The summed E-state index contributed by atoms with van der Waals surface area (Å²) in [5.74, 6) is -0.730. The van der Waals surface area contributed by atoms with Crippen LogP contribution in [0.15, 0.2) is 12.3 Å². The highest BCUT2D eigenvalue weighted by atomic mass is 16.4. The molecule has 0 bridgehead atoms. The summed E-state index contributed by atoms with van der Waals surface area (Å²) in [4.78, 5) is 12.5. The maximum absolute atomic E-state index is 10.4. The summed E-state index contributed by atoms with van der Waals surface area (Å²) < 4.78 is 1.95. The zero-order chi connectivity index (χ0) is 12.0. The smallest absolute Gasteiger partial charge is 0.303 e. The van der Waals surface area contributed by atoms with Gasteiger partial charge in [-0.05, 0) is 33.0 Å². The molecule has 0 aliphatic rings. The highest BCUT2D eigenvalue weighted by molar-refractivity contribution is 5.66. The lowest BCUT2D eigenvalue weighted by atomic mass is 10.3. The van der Waals surface area contributed by atoms with Gasteiger partial charge < -0.3 is 10.0 Å². The second-order valence-electron chi connectivity index (χ2n) is 3.87. The van der Waals surface area contributed by atoms with E-state index in [0.717, 1.165) is 19.6 Å². The van der Waals surface area contributed by atoms with Crippen LogP contribution in [0.4, 0.5) is 0 Å². The zero-order valence-electron chi connectivity index (χ0n) is 9.89. The Bertz CT molecular complexity index is 336. The molecule has 0 amide bonds. The topological polar surface area (TPSA) is 58.4 Å². The number of aromatic nitrogens is 2. The molecular weight excluding hydrogens is 206 g/mol. The van der Waals surface area contributed by atoms with Crippen LogP contribution in [0.2, 0.25) is 0 Å². The minimum atomic E-state index is -0.730. The molecule has 0 saturated carbocycles. The third kappa shape index (κ3) is 4.02. The highest BCUT2D eigenvalue weighted by Crippen LogP contribution is 2.04. The van der Waals surface area contributed by atoms with Gasteiger partial charge in [-0.3, -0.25) is 9.48 Å². The van der Waals surface area contributed by atoms with E-state index in [0.29, 0.717) is 6.42 Å². The molecule has 1 heterocycles. The normalized spacial score (nSPS) is 10.9. The average molecular weight is 225 g/mol. The highest BCUT2D eigenvalue weighted by Gasteiger charge is 2.05. The van der Waals surface area contributed by atoms with Crippen LogP contribution < -0.4 is 0 Å². The molecular formula is C11H19N3O2. The van der Waals surface area contributed by atoms with E-state index >= 15 is 0 Å². The van der Waals surface area contributed by atoms with Crippen LogP contribution in [0.5, 0.6) is 0 Å². The lowest BCUT2D eigenvalue weighted by Crippen LogP contribution is -2.21. The van der Waals surface area contributed by atoms with Crippen molar-refractivity contribution in [1.82, 2.24) is 14.7 Å². The molecule has 0 fully saturated rings. The molecule has 0 aliphatic carbocycles. The monoisotopic (exact) mass is 225 g/mol. The Hall–Kier alpha value is -1.36. The lowest BCUT2D eigenvalue weighted by Gasteiger charge is -2.16. The molecule has 5 heteroatoms. The van der Waals surface area contributed by atoms with Crippen molar-refractivity contribution in [1.29, 1.82) is 0 Å². The van der Waals surface area contributed by atoms with E-state index < -0.39 is 5.97 Å². The van der Waals surface area contributed by atoms with Crippen molar-refractivity contribution in [2.45, 2.75) is 32.9 Å². The Morgan fingerprint density at radius 3 is 3.00 bits per heavy atom. The van der Waals surface area contributed by atoms with Gasteiger partial charge >= 0.3 is 5.97 Å². The largest absolute Gasteiger partial charge is 0.481 e. The van der Waals surface area contributed by atoms with Crippen LogP contribution in [0.25, 0.3) is 0 Å². The minimum Gasteiger partial charge on any atom is -0.481 e. The number of carboxylic acids is 1. The first-order valence-electron chi connectivity index (χ1n) is 5.54. The molecule has 0 unspecified atom stereocenters. The van der Waals surface area contributed by atoms with E-state index in [-0.39, 0.29) is 6.42 Å². The van der Waals surface area contributed by atoms with Crippen molar-refractivity contribution in [3.05, 3.63) is 18.0 Å². The summed E-state index contributed by atoms with van der Waals surface area (Å²) in [6.45, 7) is 4.53. The Balaban J connectivity index is 2.33. The molecule has 0 atom stereocenters. The van der Waals surface area contributed by atoms with Gasteiger partial charge in [0.25, 0.3) is 0 Å². The number of nitrogens with zero attached hydrogens (tertiary/aromatic N) is 3. The molecule has 0 saturated heterocycles. The Morgan fingerprint density at radius 1 is 1.62 bits per heavy atom. The standard InChI is InChI=1S/C11H19N3O2/c1-3-14-10(6-7-12-14)9-13(2)8-4-5-11(15)16/h6-7H,3-5,8-9H2,1-2H3,(H,15,16). The number of carbonyl (C=O) groups is 1. The molecule has 5 nitrogen and oxygen atoms in total. The van der Waals surface area contributed by atoms with E-state index in [2.05, 4.69) is 16.9 Å². The molecule has 0 radical (unpaired) electrons. The summed E-state index contributed by atoms with van der Waals surface area (Å²) in [5.41, 5.74) is 1.17. The number of hydrogen-bond donors (Lipinski definition) is 1. The van der Waals surface area contributed by atoms with Crippen LogP contribution in [-0.2, 0) is 17.9 Å². The van der Waals surface area contributed by atoms with Crippen molar-refractivity contribution in [2.24, 2.45) is 0 Å². The van der Waals surface area contributed by atoms with Gasteiger partial charge in [0.05, 0.1) is 5.69 Å². The van der Waals surface area contributed by atoms with E-state index in [1.54, 1.807) is 6.20 Å². The van der Waals surface area contributed by atoms with Crippen molar-refractivity contribution < 1.29 is 9.90 Å². The number of carboxylic acid groups (broad SMARTS) is 1. The quantitative estimate of drug-likeness (QED) is 0.757. The van der Waals surface area contributed by atoms with Gasteiger partial charge in [0.2, 0.25) is 0 Å². The third-order valence-electron chi connectivity index (χ3n) is 2.47. The number of hydrogen-bond acceptors (Lipinski definition) is 3. The van der Waals surface area contributed by atoms with Gasteiger partial charge in [0.1, 0.15) is 0 Å². The summed E-state index contributed by atoms with van der Waals surface area (Å²) >= 11 is 0. The summed E-state index contributed by atoms with van der Waals surface area (Å²) in [7, 11) is 1.99. The number of aliphatic carboxylic acids is 1. The molecule has 1 rings (SSSR count). The van der Waals surface area contributed by atoms with Crippen molar-refractivity contribution in [3.63, 3.8) is 0 Å². The van der Waals surface area contributed by atoms with Gasteiger partial charge in [-0.15, -0.1) is 0 Å². The summed E-state index contributed by atoms with van der Waals surface area (Å²) in [6.07, 6.45) is 2.72. The van der Waals surface area contributed by atoms with Crippen LogP contribution in [0, 0.1) is 0 Å². The Kier molecular flexibility index (Phi) is 4.98. The lowest BCUT2D eigenvalue weighted by molar-refractivity contribution is -0.137. The first-order chi connectivity index (χ1) is 7.63. The SMILES string of the molecule is CCn1nccc1CN(C)CCCC(=O)O. The fraction of sp³-hybridized carbons (Fsp3) is 0.636.